The van der Waals surface area contributed by atoms with Gasteiger partial charge in [0.2, 0.25) is 0 Å². The molecule has 1 fully saturated rings. The van der Waals surface area contributed by atoms with E-state index in [1.807, 2.05) is 0 Å². The molecule has 1 amide bonds. The Bertz CT molecular complexity index is 496. The van der Waals surface area contributed by atoms with Gasteiger partial charge in [-0.25, -0.2) is 0 Å². The van der Waals surface area contributed by atoms with E-state index < -0.39 is 0 Å². The van der Waals surface area contributed by atoms with Crippen LogP contribution in [0, 0.1) is 11.3 Å². The van der Waals surface area contributed by atoms with Gasteiger partial charge in [-0.2, -0.15) is 5.26 Å². The van der Waals surface area contributed by atoms with Crippen molar-refractivity contribution in [1.29, 1.82) is 5.26 Å². The third-order valence-electron chi connectivity index (χ3n) is 2.83. The van der Waals surface area contributed by atoms with Crippen LogP contribution in [0.3, 0.4) is 0 Å². The maximum Gasteiger partial charge on any atom is 0.254 e. The molecule has 0 spiro atoms. The van der Waals surface area contributed by atoms with Crippen molar-refractivity contribution < 1.29 is 4.79 Å². The van der Waals surface area contributed by atoms with Crippen LogP contribution in [-0.2, 0) is 0 Å². The predicted molar refractivity (Wildman–Crippen MR) is 66.1 cm³/mol. The molecule has 1 aliphatic rings. The molecule has 1 atom stereocenters. The molecule has 1 aromatic carbocycles. The summed E-state index contributed by atoms with van der Waals surface area (Å²) in [6, 6.07) is 6.58. The average Bonchev–Trinajstić information content (AvgIpc) is 2.80. The Kier molecular flexibility index (Phi) is 3.56. The molecule has 0 aliphatic carbocycles. The number of hydrogen-bond donors (Lipinski definition) is 0. The molecule has 1 heterocycles. The van der Waals surface area contributed by atoms with Gasteiger partial charge in [0.15, 0.2) is 0 Å². The van der Waals surface area contributed by atoms with Gasteiger partial charge >= 0.3 is 0 Å². The zero-order valence-corrected chi connectivity index (χ0v) is 10.5. The first kappa shape index (κ1) is 12.2. The highest BCUT2D eigenvalue weighted by molar-refractivity contribution is 6.42. The van der Waals surface area contributed by atoms with Crippen LogP contribution in [0.5, 0.6) is 0 Å². The van der Waals surface area contributed by atoms with Gasteiger partial charge < -0.3 is 4.90 Å². The summed E-state index contributed by atoms with van der Waals surface area (Å²) >= 11 is 11.7. The summed E-state index contributed by atoms with van der Waals surface area (Å²) in [6.07, 6.45) is 1.61. The minimum Gasteiger partial charge on any atom is -0.323 e. The Labute approximate surface area is 110 Å². The first-order chi connectivity index (χ1) is 8.13. The van der Waals surface area contributed by atoms with Crippen LogP contribution >= 0.6 is 23.2 Å². The Morgan fingerprint density at radius 1 is 1.41 bits per heavy atom. The van der Waals surface area contributed by atoms with Crippen molar-refractivity contribution in [1.82, 2.24) is 4.90 Å². The molecule has 5 heteroatoms. The zero-order chi connectivity index (χ0) is 12.4. The molecule has 0 radical (unpaired) electrons. The van der Waals surface area contributed by atoms with Crippen LogP contribution in [0.15, 0.2) is 18.2 Å². The molecule has 0 aromatic heterocycles. The summed E-state index contributed by atoms with van der Waals surface area (Å²) in [5.41, 5.74) is 0.474. The van der Waals surface area contributed by atoms with E-state index in [0.717, 1.165) is 12.8 Å². The fourth-order valence-corrected chi connectivity index (χ4v) is 2.24. The van der Waals surface area contributed by atoms with Gasteiger partial charge in [0, 0.05) is 12.1 Å². The van der Waals surface area contributed by atoms with E-state index in [1.54, 1.807) is 23.1 Å². The molecule has 1 saturated heterocycles. The maximum atomic E-state index is 12.2. The maximum absolute atomic E-state index is 12.2. The number of halogens is 2. The molecule has 0 bridgehead atoms. The highest BCUT2D eigenvalue weighted by Gasteiger charge is 2.29. The molecule has 1 aromatic rings. The summed E-state index contributed by atoms with van der Waals surface area (Å²) in [6.45, 7) is 0.622. The molecular weight excluding hydrogens is 259 g/mol. The molecule has 0 N–H and O–H groups in total. The quantitative estimate of drug-likeness (QED) is 0.786. The van der Waals surface area contributed by atoms with E-state index in [1.165, 1.54) is 0 Å². The molecule has 0 saturated carbocycles. The predicted octanol–water partition coefficient (Wildman–Crippen LogP) is 3.12. The number of carbonyl (C=O) groups excluding carboxylic acids is 1. The number of nitriles is 1. The van der Waals surface area contributed by atoms with Gasteiger partial charge in [-0.05, 0) is 31.0 Å². The second-order valence-corrected chi connectivity index (χ2v) is 4.73. The first-order valence-electron chi connectivity index (χ1n) is 5.29. The Morgan fingerprint density at radius 3 is 2.82 bits per heavy atom. The van der Waals surface area contributed by atoms with Gasteiger partial charge in [-0.3, -0.25) is 4.79 Å². The lowest BCUT2D eigenvalue weighted by molar-refractivity contribution is 0.0765. The van der Waals surface area contributed by atoms with Crippen LogP contribution < -0.4 is 0 Å². The van der Waals surface area contributed by atoms with Crippen molar-refractivity contribution in [2.24, 2.45) is 0 Å². The van der Waals surface area contributed by atoms with Crippen molar-refractivity contribution in [2.45, 2.75) is 18.9 Å². The van der Waals surface area contributed by atoms with E-state index >= 15 is 0 Å². The lowest BCUT2D eigenvalue weighted by atomic mass is 10.2. The van der Waals surface area contributed by atoms with E-state index in [-0.39, 0.29) is 11.9 Å². The van der Waals surface area contributed by atoms with E-state index in [2.05, 4.69) is 6.07 Å². The SMILES string of the molecule is N#CC1CCCN1C(=O)c1ccc(Cl)c(Cl)c1. The Balaban J connectivity index is 2.25. The van der Waals surface area contributed by atoms with Gasteiger partial charge in [0.25, 0.3) is 5.91 Å². The van der Waals surface area contributed by atoms with Crippen molar-refractivity contribution in [3.8, 4) is 6.07 Å². The van der Waals surface area contributed by atoms with Gasteiger partial charge in [0.1, 0.15) is 6.04 Å². The second-order valence-electron chi connectivity index (χ2n) is 3.91. The summed E-state index contributed by atoms with van der Waals surface area (Å²) in [4.78, 5) is 13.7. The third kappa shape index (κ3) is 2.38. The smallest absolute Gasteiger partial charge is 0.254 e. The minimum absolute atomic E-state index is 0.160. The largest absolute Gasteiger partial charge is 0.323 e. The molecule has 3 nitrogen and oxygen atoms in total. The summed E-state index contributed by atoms with van der Waals surface area (Å²) in [7, 11) is 0. The van der Waals surface area contributed by atoms with Crippen LogP contribution in [0.25, 0.3) is 0 Å². The summed E-state index contributed by atoms with van der Waals surface area (Å²) in [5.74, 6) is -0.160. The highest BCUT2D eigenvalue weighted by Crippen LogP contribution is 2.25. The van der Waals surface area contributed by atoms with Crippen molar-refractivity contribution in [3.63, 3.8) is 0 Å². The van der Waals surface area contributed by atoms with Crippen LogP contribution in [0.1, 0.15) is 23.2 Å². The number of hydrogen-bond acceptors (Lipinski definition) is 2. The van der Waals surface area contributed by atoms with Crippen molar-refractivity contribution >= 4 is 29.1 Å². The van der Waals surface area contributed by atoms with Gasteiger partial charge in [-0.15, -0.1) is 0 Å². The summed E-state index contributed by atoms with van der Waals surface area (Å²) in [5, 5.41) is 9.71. The number of carbonyl (C=O) groups is 1. The normalized spacial score (nSPS) is 19.1. The third-order valence-corrected chi connectivity index (χ3v) is 3.57. The monoisotopic (exact) mass is 268 g/mol. The molecule has 1 aliphatic heterocycles. The van der Waals surface area contributed by atoms with Crippen LogP contribution in [-0.4, -0.2) is 23.4 Å². The number of benzene rings is 1. The fraction of sp³-hybridized carbons (Fsp3) is 0.333. The average molecular weight is 269 g/mol. The van der Waals surface area contributed by atoms with Crippen LogP contribution in [0.4, 0.5) is 0 Å². The lowest BCUT2D eigenvalue weighted by Gasteiger charge is -2.19. The van der Waals surface area contributed by atoms with Crippen LogP contribution in [0.2, 0.25) is 10.0 Å². The van der Waals surface area contributed by atoms with Crippen molar-refractivity contribution in [2.75, 3.05) is 6.54 Å². The molecular formula is C12H10Cl2N2O. The minimum atomic E-state index is -0.322. The van der Waals surface area contributed by atoms with E-state index in [9.17, 15) is 4.79 Å². The zero-order valence-electron chi connectivity index (χ0n) is 8.99. The topological polar surface area (TPSA) is 44.1 Å². The standard InChI is InChI=1S/C12H10Cl2N2O/c13-10-4-3-8(6-11(10)14)12(17)16-5-1-2-9(16)7-15/h3-4,6,9H,1-2,5H2. The van der Waals surface area contributed by atoms with E-state index in [0.29, 0.717) is 22.2 Å². The van der Waals surface area contributed by atoms with Gasteiger partial charge in [0.05, 0.1) is 16.1 Å². The van der Waals surface area contributed by atoms with Crippen molar-refractivity contribution in [3.05, 3.63) is 33.8 Å². The second kappa shape index (κ2) is 4.95. The molecule has 17 heavy (non-hydrogen) atoms. The number of rotatable bonds is 1. The van der Waals surface area contributed by atoms with Gasteiger partial charge in [-0.1, -0.05) is 23.2 Å². The number of likely N-dealkylation sites (tertiary alicyclic amines) is 1. The fourth-order valence-electron chi connectivity index (χ4n) is 1.94. The first-order valence-corrected chi connectivity index (χ1v) is 6.04. The Hall–Kier alpha value is -1.24. The molecule has 1 unspecified atom stereocenters. The molecule has 2 rings (SSSR count). The number of amides is 1. The number of nitrogens with zero attached hydrogens (tertiary/aromatic N) is 2. The van der Waals surface area contributed by atoms with E-state index in [4.69, 9.17) is 28.5 Å². The summed E-state index contributed by atoms with van der Waals surface area (Å²) < 4.78 is 0. The molecule has 88 valence electrons. The lowest BCUT2D eigenvalue weighted by Crippen LogP contribution is -2.34. The Morgan fingerprint density at radius 2 is 2.18 bits per heavy atom. The highest BCUT2D eigenvalue weighted by atomic mass is 35.5.